The van der Waals surface area contributed by atoms with Crippen LogP contribution in [0.2, 0.25) is 5.15 Å². The fraction of sp³-hybridized carbons (Fsp3) is 0.235. The van der Waals surface area contributed by atoms with Gasteiger partial charge in [-0.3, -0.25) is 0 Å². The lowest BCUT2D eigenvalue weighted by Gasteiger charge is -2.24. The Balaban J connectivity index is 1.91. The zero-order valence-electron chi connectivity index (χ0n) is 13.1. The topological polar surface area (TPSA) is 70.7 Å². The first-order chi connectivity index (χ1) is 12.0. The number of anilines is 2. The lowest BCUT2D eigenvalue weighted by molar-refractivity contribution is 0.204. The predicted molar refractivity (Wildman–Crippen MR) is 91.2 cm³/mol. The number of carbonyl (C=O) groups is 1. The van der Waals surface area contributed by atoms with E-state index in [0.29, 0.717) is 11.6 Å². The molecule has 2 heterocycles. The number of rotatable bonds is 3. The number of hydrogen-bond donors (Lipinski definition) is 1. The van der Waals surface area contributed by atoms with Crippen molar-refractivity contribution in [1.29, 1.82) is 0 Å². The Bertz CT molecular complexity index is 970. The number of halogens is 2. The molecular formula is C17H14ClFN4O2. The van der Waals surface area contributed by atoms with Crippen molar-refractivity contribution in [2.75, 3.05) is 4.90 Å². The molecule has 0 radical (unpaired) electrons. The van der Waals surface area contributed by atoms with Crippen molar-refractivity contribution in [2.24, 2.45) is 0 Å². The first kappa shape index (κ1) is 15.8. The van der Waals surface area contributed by atoms with Crippen LogP contribution in [0.1, 0.15) is 30.7 Å². The predicted octanol–water partition coefficient (Wildman–Crippen LogP) is 4.61. The average Bonchev–Trinajstić information content (AvgIpc) is 2.89. The molecule has 3 aromatic rings. The van der Waals surface area contributed by atoms with Crippen LogP contribution >= 0.6 is 11.6 Å². The van der Waals surface area contributed by atoms with Crippen LogP contribution in [0, 0.1) is 5.82 Å². The van der Waals surface area contributed by atoms with Gasteiger partial charge < -0.3 is 5.11 Å². The van der Waals surface area contributed by atoms with Gasteiger partial charge in [-0.2, -0.15) is 9.61 Å². The summed E-state index contributed by atoms with van der Waals surface area (Å²) < 4.78 is 15.0. The molecule has 0 spiro atoms. The molecule has 1 amide bonds. The van der Waals surface area contributed by atoms with Gasteiger partial charge in [0.05, 0.1) is 11.9 Å². The minimum Gasteiger partial charge on any atom is -0.464 e. The second-order valence-corrected chi connectivity index (χ2v) is 6.39. The van der Waals surface area contributed by atoms with Crippen LogP contribution in [0.25, 0.3) is 5.65 Å². The maximum atomic E-state index is 13.6. The van der Waals surface area contributed by atoms with Gasteiger partial charge in [-0.25, -0.2) is 19.1 Å². The summed E-state index contributed by atoms with van der Waals surface area (Å²) in [4.78, 5) is 17.1. The maximum absolute atomic E-state index is 13.6. The average molecular weight is 361 g/mol. The van der Waals surface area contributed by atoms with Crippen LogP contribution in [0.5, 0.6) is 0 Å². The third-order valence-corrected chi connectivity index (χ3v) is 4.67. The summed E-state index contributed by atoms with van der Waals surface area (Å²) in [5.74, 6) is 0.0261. The minimum atomic E-state index is -1.27. The SMILES string of the molecule is O=C(O)N(c1cccc(F)c1)c1cc(Cl)nc2c(C3CCC3)cnn12. The van der Waals surface area contributed by atoms with Gasteiger partial charge in [0.15, 0.2) is 5.65 Å². The molecule has 0 saturated heterocycles. The molecule has 1 saturated carbocycles. The van der Waals surface area contributed by atoms with Crippen LogP contribution in [0.4, 0.5) is 20.7 Å². The fourth-order valence-electron chi connectivity index (χ4n) is 3.06. The van der Waals surface area contributed by atoms with Crippen LogP contribution < -0.4 is 4.90 Å². The highest BCUT2D eigenvalue weighted by atomic mass is 35.5. The van der Waals surface area contributed by atoms with Crippen LogP contribution in [-0.4, -0.2) is 25.8 Å². The Kier molecular flexibility index (Phi) is 3.80. The zero-order chi connectivity index (χ0) is 17.6. The number of fused-ring (bicyclic) bond motifs is 1. The second-order valence-electron chi connectivity index (χ2n) is 6.00. The van der Waals surface area contributed by atoms with Gasteiger partial charge in [0.25, 0.3) is 0 Å². The van der Waals surface area contributed by atoms with Crippen LogP contribution in [-0.2, 0) is 0 Å². The van der Waals surface area contributed by atoms with E-state index in [-0.39, 0.29) is 16.7 Å². The molecule has 0 aliphatic heterocycles. The van der Waals surface area contributed by atoms with Gasteiger partial charge in [0.2, 0.25) is 0 Å². The van der Waals surface area contributed by atoms with E-state index < -0.39 is 11.9 Å². The molecule has 1 aromatic carbocycles. The van der Waals surface area contributed by atoms with Crippen molar-refractivity contribution < 1.29 is 14.3 Å². The number of aromatic nitrogens is 3. The third kappa shape index (κ3) is 2.70. The quantitative estimate of drug-likeness (QED) is 0.692. The summed E-state index contributed by atoms with van der Waals surface area (Å²) in [6.07, 6.45) is 3.70. The van der Waals surface area contributed by atoms with Crippen molar-refractivity contribution in [3.63, 3.8) is 0 Å². The Labute approximate surface area is 147 Å². The highest BCUT2D eigenvalue weighted by molar-refractivity contribution is 6.29. The van der Waals surface area contributed by atoms with Gasteiger partial charge >= 0.3 is 6.09 Å². The minimum absolute atomic E-state index is 0.159. The zero-order valence-corrected chi connectivity index (χ0v) is 13.8. The smallest absolute Gasteiger partial charge is 0.417 e. The normalized spacial score (nSPS) is 14.5. The molecule has 1 aliphatic rings. The van der Waals surface area contributed by atoms with E-state index in [0.717, 1.165) is 35.8 Å². The monoisotopic (exact) mass is 360 g/mol. The van der Waals surface area contributed by atoms with Crippen molar-refractivity contribution in [3.05, 3.63) is 53.1 Å². The summed E-state index contributed by atoms with van der Waals surface area (Å²) in [5.41, 5.74) is 1.66. The molecule has 25 heavy (non-hydrogen) atoms. The first-order valence-corrected chi connectivity index (χ1v) is 8.25. The molecule has 0 unspecified atom stereocenters. The number of benzene rings is 1. The van der Waals surface area contributed by atoms with Crippen molar-refractivity contribution in [2.45, 2.75) is 25.2 Å². The number of nitrogens with zero attached hydrogens (tertiary/aromatic N) is 4. The van der Waals surface area contributed by atoms with Crippen molar-refractivity contribution >= 4 is 34.8 Å². The Morgan fingerprint density at radius 3 is 2.80 bits per heavy atom. The standard InChI is InChI=1S/C17H14ClFN4O2/c18-14-8-15(22(17(24)25)12-6-2-5-11(19)7-12)23-16(21-14)13(9-20-23)10-3-1-4-10/h2,5-10H,1,3-4H2,(H,24,25). The summed E-state index contributed by atoms with van der Waals surface area (Å²) in [6, 6.07) is 6.76. The van der Waals surface area contributed by atoms with Crippen molar-refractivity contribution in [3.8, 4) is 0 Å². The van der Waals surface area contributed by atoms with Crippen molar-refractivity contribution in [1.82, 2.24) is 14.6 Å². The summed E-state index contributed by atoms with van der Waals surface area (Å²) in [5, 5.41) is 14.2. The largest absolute Gasteiger partial charge is 0.464 e. The van der Waals surface area contributed by atoms with E-state index in [2.05, 4.69) is 10.1 Å². The molecule has 0 atom stereocenters. The van der Waals surface area contributed by atoms with E-state index in [9.17, 15) is 14.3 Å². The molecule has 128 valence electrons. The lowest BCUT2D eigenvalue weighted by Crippen LogP contribution is -2.26. The molecular weight excluding hydrogens is 347 g/mol. The van der Waals surface area contributed by atoms with E-state index in [4.69, 9.17) is 11.6 Å². The Morgan fingerprint density at radius 2 is 2.16 bits per heavy atom. The second kappa shape index (κ2) is 6.00. The molecule has 1 N–H and O–H groups in total. The summed E-state index contributed by atoms with van der Waals surface area (Å²) >= 11 is 6.14. The number of amides is 1. The fourth-order valence-corrected chi connectivity index (χ4v) is 3.24. The van der Waals surface area contributed by atoms with Crippen LogP contribution in [0.3, 0.4) is 0 Å². The van der Waals surface area contributed by atoms with Gasteiger partial charge in [-0.05, 0) is 37.0 Å². The number of carboxylic acid groups (broad SMARTS) is 1. The van der Waals surface area contributed by atoms with Gasteiger partial charge in [0, 0.05) is 11.6 Å². The van der Waals surface area contributed by atoms with E-state index in [1.807, 2.05) is 0 Å². The maximum Gasteiger partial charge on any atom is 0.417 e. The van der Waals surface area contributed by atoms with E-state index in [1.165, 1.54) is 28.8 Å². The third-order valence-electron chi connectivity index (χ3n) is 4.48. The molecule has 6 nitrogen and oxygen atoms in total. The highest BCUT2D eigenvalue weighted by Crippen LogP contribution is 2.39. The molecule has 0 bridgehead atoms. The van der Waals surface area contributed by atoms with Gasteiger partial charge in [-0.1, -0.05) is 24.1 Å². The Morgan fingerprint density at radius 1 is 1.36 bits per heavy atom. The summed E-state index contributed by atoms with van der Waals surface area (Å²) in [7, 11) is 0. The molecule has 8 heteroatoms. The van der Waals surface area contributed by atoms with Gasteiger partial charge in [-0.15, -0.1) is 0 Å². The lowest BCUT2D eigenvalue weighted by atomic mass is 9.81. The summed E-state index contributed by atoms with van der Waals surface area (Å²) in [6.45, 7) is 0. The number of hydrogen-bond acceptors (Lipinski definition) is 3. The van der Waals surface area contributed by atoms with Gasteiger partial charge in [0.1, 0.15) is 16.8 Å². The first-order valence-electron chi connectivity index (χ1n) is 7.87. The molecule has 4 rings (SSSR count). The molecule has 1 fully saturated rings. The van der Waals surface area contributed by atoms with E-state index in [1.54, 1.807) is 6.20 Å². The van der Waals surface area contributed by atoms with E-state index >= 15 is 0 Å². The van der Waals surface area contributed by atoms with Crippen LogP contribution in [0.15, 0.2) is 36.5 Å². The molecule has 2 aromatic heterocycles. The Hall–Kier alpha value is -2.67. The molecule has 1 aliphatic carbocycles. The highest BCUT2D eigenvalue weighted by Gasteiger charge is 2.27.